The fourth-order valence-corrected chi connectivity index (χ4v) is 2.57. The molecule has 3 rings (SSSR count). The van der Waals surface area contributed by atoms with Gasteiger partial charge in [-0.1, -0.05) is 33.6 Å². The summed E-state index contributed by atoms with van der Waals surface area (Å²) in [5.41, 5.74) is 1.87. The van der Waals surface area contributed by atoms with Crippen LogP contribution in [-0.2, 0) is 0 Å². The maximum Gasteiger partial charge on any atom is 0.164 e. The van der Waals surface area contributed by atoms with Gasteiger partial charge < -0.3 is 0 Å². The maximum absolute atomic E-state index is 14.0. The quantitative estimate of drug-likeness (QED) is 0.566. The van der Waals surface area contributed by atoms with Crippen molar-refractivity contribution in [1.82, 2.24) is 9.97 Å². The summed E-state index contributed by atoms with van der Waals surface area (Å²) < 4.78 is 14.9. The topological polar surface area (TPSA) is 25.8 Å². The highest BCUT2D eigenvalue weighted by atomic mass is 79.9. The second kappa shape index (κ2) is 5.11. The van der Waals surface area contributed by atoms with Crippen molar-refractivity contribution in [3.05, 3.63) is 57.4 Å². The van der Waals surface area contributed by atoms with Crippen LogP contribution in [0.25, 0.3) is 22.3 Å². The first kappa shape index (κ1) is 13.5. The minimum Gasteiger partial charge on any atom is -0.228 e. The molecule has 0 atom stereocenters. The highest BCUT2D eigenvalue weighted by molar-refractivity contribution is 9.10. The monoisotopic (exact) mass is 350 g/mol. The predicted molar refractivity (Wildman–Crippen MR) is 82.4 cm³/mol. The minimum absolute atomic E-state index is 0.290. The van der Waals surface area contributed by atoms with Crippen molar-refractivity contribution in [2.75, 3.05) is 0 Å². The molecule has 0 amide bonds. The molecule has 0 fully saturated rings. The Labute approximate surface area is 128 Å². The lowest BCUT2D eigenvalue weighted by Gasteiger charge is -2.06. The van der Waals surface area contributed by atoms with E-state index in [9.17, 15) is 4.39 Å². The molecule has 1 heterocycles. The van der Waals surface area contributed by atoms with E-state index in [1.807, 2.05) is 31.2 Å². The fourth-order valence-electron chi connectivity index (χ4n) is 1.99. The number of rotatable bonds is 1. The molecule has 0 aliphatic carbocycles. The highest BCUT2D eigenvalue weighted by Crippen LogP contribution is 2.28. The molecule has 0 spiro atoms. The van der Waals surface area contributed by atoms with E-state index < -0.39 is 0 Å². The lowest BCUT2D eigenvalue weighted by Crippen LogP contribution is -1.95. The molecule has 0 aliphatic rings. The van der Waals surface area contributed by atoms with Gasteiger partial charge in [0.15, 0.2) is 5.82 Å². The number of halogens is 3. The number of benzene rings is 2. The average Bonchev–Trinajstić information content (AvgIpc) is 2.37. The number of hydrogen-bond donors (Lipinski definition) is 0. The van der Waals surface area contributed by atoms with Gasteiger partial charge in [0.1, 0.15) is 11.0 Å². The van der Waals surface area contributed by atoms with E-state index in [0.717, 1.165) is 15.4 Å². The average molecular weight is 352 g/mol. The molecule has 0 unspecified atom stereocenters. The summed E-state index contributed by atoms with van der Waals surface area (Å²) in [5, 5.41) is 1.06. The Morgan fingerprint density at radius 1 is 1.10 bits per heavy atom. The van der Waals surface area contributed by atoms with Gasteiger partial charge >= 0.3 is 0 Å². The zero-order chi connectivity index (χ0) is 14.3. The third-order valence-corrected chi connectivity index (χ3v) is 3.76. The molecule has 0 saturated heterocycles. The van der Waals surface area contributed by atoms with E-state index in [0.29, 0.717) is 16.2 Å². The van der Waals surface area contributed by atoms with Crippen molar-refractivity contribution in [3.63, 3.8) is 0 Å². The number of hydrogen-bond acceptors (Lipinski definition) is 2. The van der Waals surface area contributed by atoms with Gasteiger partial charge in [0, 0.05) is 9.86 Å². The maximum atomic E-state index is 14.0. The van der Waals surface area contributed by atoms with Crippen molar-refractivity contribution in [2.24, 2.45) is 0 Å². The molecule has 0 saturated carbocycles. The molecule has 0 bridgehead atoms. The van der Waals surface area contributed by atoms with Crippen LogP contribution in [-0.4, -0.2) is 9.97 Å². The second-order valence-corrected chi connectivity index (χ2v) is 5.76. The Morgan fingerprint density at radius 2 is 1.90 bits per heavy atom. The van der Waals surface area contributed by atoms with Gasteiger partial charge in [0.2, 0.25) is 0 Å². The normalized spacial score (nSPS) is 11.0. The third kappa shape index (κ3) is 2.41. The van der Waals surface area contributed by atoms with Crippen molar-refractivity contribution in [1.29, 1.82) is 0 Å². The van der Waals surface area contributed by atoms with E-state index in [-0.39, 0.29) is 11.6 Å². The molecule has 2 nitrogen and oxygen atoms in total. The van der Waals surface area contributed by atoms with Crippen molar-refractivity contribution < 1.29 is 4.39 Å². The smallest absolute Gasteiger partial charge is 0.164 e. The molecule has 3 aromatic rings. The van der Waals surface area contributed by atoms with Gasteiger partial charge in [0.05, 0.1) is 11.1 Å². The van der Waals surface area contributed by atoms with Gasteiger partial charge in [0.25, 0.3) is 0 Å². The Bertz CT molecular complexity index is 820. The summed E-state index contributed by atoms with van der Waals surface area (Å²) in [6.45, 7) is 1.83. The Balaban J connectivity index is 2.26. The van der Waals surface area contributed by atoms with Crippen LogP contribution in [0.15, 0.2) is 40.9 Å². The first-order valence-electron chi connectivity index (χ1n) is 5.94. The molecule has 100 valence electrons. The molecular weight excluding hydrogens is 343 g/mol. The van der Waals surface area contributed by atoms with Gasteiger partial charge in [-0.25, -0.2) is 14.4 Å². The lowest BCUT2D eigenvalue weighted by atomic mass is 10.1. The summed E-state index contributed by atoms with van der Waals surface area (Å²) in [6.07, 6.45) is 0. The van der Waals surface area contributed by atoms with Crippen LogP contribution in [0.1, 0.15) is 5.56 Å². The van der Waals surface area contributed by atoms with Crippen LogP contribution in [0.3, 0.4) is 0 Å². The summed E-state index contributed by atoms with van der Waals surface area (Å²) >= 11 is 9.54. The van der Waals surface area contributed by atoms with Crippen LogP contribution in [0.5, 0.6) is 0 Å². The molecule has 1 aromatic heterocycles. The van der Waals surface area contributed by atoms with Crippen LogP contribution in [0.4, 0.5) is 4.39 Å². The largest absolute Gasteiger partial charge is 0.228 e. The second-order valence-electron chi connectivity index (χ2n) is 4.48. The number of aryl methyl sites for hydroxylation is 1. The summed E-state index contributed by atoms with van der Waals surface area (Å²) in [7, 11) is 0. The zero-order valence-corrected chi connectivity index (χ0v) is 12.8. The Morgan fingerprint density at radius 3 is 2.65 bits per heavy atom. The molecule has 0 radical (unpaired) electrons. The van der Waals surface area contributed by atoms with E-state index in [1.165, 1.54) is 6.07 Å². The summed E-state index contributed by atoms with van der Waals surface area (Å²) in [6, 6.07) is 10.5. The van der Waals surface area contributed by atoms with E-state index in [4.69, 9.17) is 11.6 Å². The third-order valence-electron chi connectivity index (χ3n) is 2.98. The summed E-state index contributed by atoms with van der Waals surface area (Å²) in [5.74, 6) is -0.0616. The van der Waals surface area contributed by atoms with Crippen LogP contribution < -0.4 is 0 Å². The lowest BCUT2D eigenvalue weighted by molar-refractivity contribution is 0.629. The van der Waals surface area contributed by atoms with Crippen LogP contribution >= 0.6 is 27.5 Å². The zero-order valence-electron chi connectivity index (χ0n) is 10.5. The Kier molecular flexibility index (Phi) is 3.44. The van der Waals surface area contributed by atoms with Gasteiger partial charge in [-0.05, 0) is 42.8 Å². The molecule has 20 heavy (non-hydrogen) atoms. The first-order valence-corrected chi connectivity index (χ1v) is 7.11. The molecule has 0 aliphatic heterocycles. The number of nitrogens with zero attached hydrogens (tertiary/aromatic N) is 2. The molecular formula is C15H9BrClFN2. The van der Waals surface area contributed by atoms with Gasteiger partial charge in [-0.2, -0.15) is 0 Å². The highest BCUT2D eigenvalue weighted by Gasteiger charge is 2.12. The number of fused-ring (bicyclic) bond motifs is 1. The fraction of sp³-hybridized carbons (Fsp3) is 0.0667. The van der Waals surface area contributed by atoms with Gasteiger partial charge in [-0.15, -0.1) is 0 Å². The SMILES string of the molecule is Cc1ccc(-c2nc(Cl)c3ccc(Br)cc3n2)c(F)c1. The molecule has 0 N–H and O–H groups in total. The van der Waals surface area contributed by atoms with Crippen LogP contribution in [0.2, 0.25) is 5.15 Å². The molecule has 5 heteroatoms. The van der Waals surface area contributed by atoms with E-state index in [2.05, 4.69) is 25.9 Å². The molecule has 2 aromatic carbocycles. The first-order chi connectivity index (χ1) is 9.54. The van der Waals surface area contributed by atoms with Gasteiger partial charge in [-0.3, -0.25) is 0 Å². The summed E-state index contributed by atoms with van der Waals surface area (Å²) in [4.78, 5) is 8.58. The standard InChI is InChI=1S/C15H9BrClFN2/c1-8-2-4-10(12(18)6-8)15-19-13-7-9(16)3-5-11(13)14(17)20-15/h2-7H,1H3. The van der Waals surface area contributed by atoms with Crippen molar-refractivity contribution >= 4 is 38.4 Å². The van der Waals surface area contributed by atoms with Crippen molar-refractivity contribution in [3.8, 4) is 11.4 Å². The minimum atomic E-state index is -0.351. The van der Waals surface area contributed by atoms with Crippen LogP contribution in [0, 0.1) is 12.7 Å². The Hall–Kier alpha value is -1.52. The van der Waals surface area contributed by atoms with E-state index in [1.54, 1.807) is 6.07 Å². The number of aromatic nitrogens is 2. The predicted octanol–water partition coefficient (Wildman–Crippen LogP) is 5.16. The van der Waals surface area contributed by atoms with E-state index >= 15 is 0 Å². The van der Waals surface area contributed by atoms with Crippen molar-refractivity contribution in [2.45, 2.75) is 6.92 Å².